The maximum Gasteiger partial charge on any atom is 0.227 e. The van der Waals surface area contributed by atoms with Crippen LogP contribution in [0.4, 0.5) is 0 Å². The molecule has 1 aliphatic heterocycles. The van der Waals surface area contributed by atoms with Gasteiger partial charge in [0.15, 0.2) is 9.84 Å². The number of amides is 1. The van der Waals surface area contributed by atoms with Crippen molar-refractivity contribution >= 4 is 26.7 Å². The Labute approximate surface area is 162 Å². The van der Waals surface area contributed by atoms with E-state index in [9.17, 15) is 13.2 Å². The molecule has 1 aromatic carbocycles. The highest BCUT2D eigenvalue weighted by Crippen LogP contribution is 2.27. The number of carbonyl (C=O) groups excluding carboxylic acids is 1. The van der Waals surface area contributed by atoms with Crippen LogP contribution in [0.15, 0.2) is 51.7 Å². The smallest absolute Gasteiger partial charge is 0.227 e. The second kappa shape index (κ2) is 7.35. The first-order valence-corrected chi connectivity index (χ1v) is 10.8. The maximum absolute atomic E-state index is 13.1. The topological polar surface area (TPSA) is 90.0 Å². The van der Waals surface area contributed by atoms with E-state index in [0.717, 1.165) is 10.9 Å². The van der Waals surface area contributed by atoms with Gasteiger partial charge in [-0.15, -0.1) is 0 Å². The van der Waals surface area contributed by atoms with Crippen molar-refractivity contribution in [3.05, 3.63) is 54.2 Å². The fourth-order valence-corrected chi connectivity index (χ4v) is 5.34. The van der Waals surface area contributed by atoms with Gasteiger partial charge < -0.3 is 18.5 Å². The van der Waals surface area contributed by atoms with E-state index >= 15 is 0 Å². The number of carbonyl (C=O) groups is 1. The van der Waals surface area contributed by atoms with Gasteiger partial charge in [0.25, 0.3) is 0 Å². The number of rotatable bonds is 6. The third-order valence-electron chi connectivity index (χ3n) is 5.08. The Morgan fingerprint density at radius 1 is 1.29 bits per heavy atom. The van der Waals surface area contributed by atoms with Crippen molar-refractivity contribution in [2.75, 3.05) is 18.6 Å². The zero-order chi connectivity index (χ0) is 19.7. The molecule has 7 nitrogen and oxygen atoms in total. The molecular weight excluding hydrogens is 382 g/mol. The number of sulfone groups is 1. The summed E-state index contributed by atoms with van der Waals surface area (Å²) in [6, 6.07) is 8.63. The molecule has 1 fully saturated rings. The zero-order valence-corrected chi connectivity index (χ0v) is 16.3. The van der Waals surface area contributed by atoms with Crippen molar-refractivity contribution in [2.24, 2.45) is 0 Å². The first-order chi connectivity index (χ1) is 13.4. The Bertz CT molecular complexity index is 1080. The lowest BCUT2D eigenvalue weighted by Crippen LogP contribution is -2.41. The van der Waals surface area contributed by atoms with E-state index in [0.29, 0.717) is 23.5 Å². The quantitative estimate of drug-likeness (QED) is 0.629. The Kier molecular flexibility index (Phi) is 4.89. The Balaban J connectivity index is 1.58. The number of furan rings is 2. The van der Waals surface area contributed by atoms with E-state index in [1.54, 1.807) is 42.7 Å². The van der Waals surface area contributed by atoms with Gasteiger partial charge in [0.1, 0.15) is 17.1 Å². The highest BCUT2D eigenvalue weighted by Gasteiger charge is 2.35. The first kappa shape index (κ1) is 18.6. The summed E-state index contributed by atoms with van der Waals surface area (Å²) in [5.41, 5.74) is 1.40. The third-order valence-corrected chi connectivity index (χ3v) is 6.83. The fraction of sp³-hybridized carbons (Fsp3) is 0.350. The van der Waals surface area contributed by atoms with Gasteiger partial charge >= 0.3 is 0 Å². The van der Waals surface area contributed by atoms with Crippen molar-refractivity contribution in [2.45, 2.75) is 25.4 Å². The summed E-state index contributed by atoms with van der Waals surface area (Å²) in [6.07, 6.45) is 3.67. The van der Waals surface area contributed by atoms with Gasteiger partial charge in [0.05, 0.1) is 44.1 Å². The molecule has 0 saturated carbocycles. The Morgan fingerprint density at radius 3 is 2.82 bits per heavy atom. The molecule has 3 aromatic rings. The number of nitrogens with zero attached hydrogens (tertiary/aromatic N) is 1. The molecule has 0 aliphatic carbocycles. The van der Waals surface area contributed by atoms with Gasteiger partial charge in [-0.1, -0.05) is 0 Å². The maximum atomic E-state index is 13.1. The number of hydrogen-bond donors (Lipinski definition) is 0. The van der Waals surface area contributed by atoms with Crippen LogP contribution in [0.2, 0.25) is 0 Å². The molecule has 0 radical (unpaired) electrons. The van der Waals surface area contributed by atoms with Crippen LogP contribution in [-0.2, 0) is 27.6 Å². The normalized spacial score (nSPS) is 18.4. The molecule has 0 unspecified atom stereocenters. The van der Waals surface area contributed by atoms with E-state index in [2.05, 4.69) is 0 Å². The molecule has 1 saturated heterocycles. The standard InChI is InChI=1S/C20H21NO6S/c1-25-16-4-5-18-14(12-27-19(18)10-16)9-20(22)21(11-17-3-2-7-26-17)15-6-8-28(23,24)13-15/h2-5,7,10,12,15H,6,8-9,11,13H2,1H3/t15-/m0/s1. The van der Waals surface area contributed by atoms with Crippen LogP contribution in [-0.4, -0.2) is 43.9 Å². The van der Waals surface area contributed by atoms with E-state index < -0.39 is 9.84 Å². The summed E-state index contributed by atoms with van der Waals surface area (Å²) in [4.78, 5) is 14.7. The van der Waals surface area contributed by atoms with Gasteiger partial charge in [-0.2, -0.15) is 0 Å². The van der Waals surface area contributed by atoms with Crippen molar-refractivity contribution < 1.29 is 26.8 Å². The molecule has 3 heterocycles. The molecular formula is C20H21NO6S. The average molecular weight is 403 g/mol. The highest BCUT2D eigenvalue weighted by molar-refractivity contribution is 7.91. The highest BCUT2D eigenvalue weighted by atomic mass is 32.2. The molecule has 1 amide bonds. The molecule has 1 aliphatic rings. The van der Waals surface area contributed by atoms with Gasteiger partial charge in [-0.3, -0.25) is 4.79 Å². The molecule has 0 bridgehead atoms. The summed E-state index contributed by atoms with van der Waals surface area (Å²) in [7, 11) is -1.53. The minimum absolute atomic E-state index is 0.0111. The van der Waals surface area contributed by atoms with E-state index in [-0.39, 0.29) is 36.4 Å². The lowest BCUT2D eigenvalue weighted by Gasteiger charge is -2.27. The monoisotopic (exact) mass is 403 g/mol. The molecule has 4 rings (SSSR count). The predicted octanol–water partition coefficient (Wildman–Crippen LogP) is 2.79. The summed E-state index contributed by atoms with van der Waals surface area (Å²) in [6.45, 7) is 0.246. The van der Waals surface area contributed by atoms with Crippen molar-refractivity contribution in [3.8, 4) is 5.75 Å². The van der Waals surface area contributed by atoms with Crippen LogP contribution < -0.4 is 4.74 Å². The molecule has 28 heavy (non-hydrogen) atoms. The lowest BCUT2D eigenvalue weighted by atomic mass is 10.1. The number of ether oxygens (including phenoxy) is 1. The number of methoxy groups -OCH3 is 1. The molecule has 148 valence electrons. The zero-order valence-electron chi connectivity index (χ0n) is 15.5. The van der Waals surface area contributed by atoms with E-state index in [1.807, 2.05) is 12.1 Å². The first-order valence-electron chi connectivity index (χ1n) is 9.01. The van der Waals surface area contributed by atoms with Crippen molar-refractivity contribution in [1.82, 2.24) is 4.90 Å². The number of hydrogen-bond acceptors (Lipinski definition) is 6. The van der Waals surface area contributed by atoms with Gasteiger partial charge in [0, 0.05) is 23.1 Å². The average Bonchev–Trinajstić information content (AvgIpc) is 3.40. The van der Waals surface area contributed by atoms with E-state index in [1.165, 1.54) is 0 Å². The van der Waals surface area contributed by atoms with Crippen LogP contribution in [0, 0.1) is 0 Å². The Hall–Kier alpha value is -2.74. The molecule has 1 atom stereocenters. The summed E-state index contributed by atoms with van der Waals surface area (Å²) in [5, 5.41) is 0.839. The van der Waals surface area contributed by atoms with Gasteiger partial charge in [0.2, 0.25) is 5.91 Å². The van der Waals surface area contributed by atoms with Gasteiger partial charge in [-0.25, -0.2) is 8.42 Å². The number of fused-ring (bicyclic) bond motifs is 1. The molecule has 8 heteroatoms. The van der Waals surface area contributed by atoms with Crippen LogP contribution in [0.3, 0.4) is 0 Å². The SMILES string of the molecule is COc1ccc2c(CC(=O)N(Cc3ccco3)[C@H]3CCS(=O)(=O)C3)coc2c1. The fourth-order valence-electron chi connectivity index (χ4n) is 3.60. The molecule has 2 aromatic heterocycles. The predicted molar refractivity (Wildman–Crippen MR) is 103 cm³/mol. The van der Waals surface area contributed by atoms with Crippen LogP contribution in [0.5, 0.6) is 5.75 Å². The Morgan fingerprint density at radius 2 is 2.14 bits per heavy atom. The van der Waals surface area contributed by atoms with Crippen molar-refractivity contribution in [3.63, 3.8) is 0 Å². The largest absolute Gasteiger partial charge is 0.497 e. The minimum atomic E-state index is -3.11. The van der Waals surface area contributed by atoms with Crippen LogP contribution in [0.25, 0.3) is 11.0 Å². The van der Waals surface area contributed by atoms with E-state index in [4.69, 9.17) is 13.6 Å². The molecule has 0 N–H and O–H groups in total. The summed E-state index contributed by atoms with van der Waals surface area (Å²) >= 11 is 0. The van der Waals surface area contributed by atoms with Crippen molar-refractivity contribution in [1.29, 1.82) is 0 Å². The summed E-state index contributed by atoms with van der Waals surface area (Å²) in [5.74, 6) is 1.24. The van der Waals surface area contributed by atoms with Gasteiger partial charge in [-0.05, 0) is 30.7 Å². The lowest BCUT2D eigenvalue weighted by molar-refractivity contribution is -0.133. The second-order valence-corrected chi connectivity index (χ2v) is 9.19. The summed E-state index contributed by atoms with van der Waals surface area (Å²) < 4.78 is 40.0. The third kappa shape index (κ3) is 3.77. The van der Waals surface area contributed by atoms with Crippen LogP contribution >= 0.6 is 0 Å². The van der Waals surface area contributed by atoms with Crippen LogP contribution in [0.1, 0.15) is 17.7 Å². The number of benzene rings is 1. The molecule has 0 spiro atoms. The second-order valence-electron chi connectivity index (χ2n) is 6.96. The minimum Gasteiger partial charge on any atom is -0.497 e.